The molecule has 18 heavy (non-hydrogen) atoms. The van der Waals surface area contributed by atoms with Gasteiger partial charge in [-0.05, 0) is 27.7 Å². The second kappa shape index (κ2) is 7.07. The molecule has 0 spiro atoms. The van der Waals surface area contributed by atoms with Gasteiger partial charge < -0.3 is 19.7 Å². The molecule has 1 fully saturated rings. The van der Waals surface area contributed by atoms with Gasteiger partial charge in [0, 0.05) is 19.6 Å². The summed E-state index contributed by atoms with van der Waals surface area (Å²) in [5, 5.41) is 3.20. The number of carbonyl (C=O) groups is 1. The SMILES string of the molecule is CC(NCCOC(C)(C)C)C(=O)N1CCOCC1. The molecule has 1 saturated heterocycles. The van der Waals surface area contributed by atoms with E-state index < -0.39 is 0 Å². The van der Waals surface area contributed by atoms with Crippen molar-refractivity contribution in [2.24, 2.45) is 0 Å². The van der Waals surface area contributed by atoms with E-state index >= 15 is 0 Å². The van der Waals surface area contributed by atoms with Crippen molar-refractivity contribution in [2.75, 3.05) is 39.5 Å². The zero-order chi connectivity index (χ0) is 13.6. The summed E-state index contributed by atoms with van der Waals surface area (Å²) in [4.78, 5) is 13.9. The highest BCUT2D eigenvalue weighted by Crippen LogP contribution is 2.05. The summed E-state index contributed by atoms with van der Waals surface area (Å²) >= 11 is 0. The summed E-state index contributed by atoms with van der Waals surface area (Å²) in [5.41, 5.74) is -0.126. The molecule has 1 rings (SSSR count). The van der Waals surface area contributed by atoms with Crippen LogP contribution in [0.5, 0.6) is 0 Å². The van der Waals surface area contributed by atoms with Crippen molar-refractivity contribution >= 4 is 5.91 Å². The highest BCUT2D eigenvalue weighted by Gasteiger charge is 2.21. The van der Waals surface area contributed by atoms with Gasteiger partial charge in [0.1, 0.15) is 0 Å². The Morgan fingerprint density at radius 3 is 2.56 bits per heavy atom. The molecule has 0 saturated carbocycles. The molecule has 1 heterocycles. The Bertz CT molecular complexity index is 257. The van der Waals surface area contributed by atoms with E-state index in [9.17, 15) is 4.79 Å². The van der Waals surface area contributed by atoms with E-state index in [2.05, 4.69) is 5.32 Å². The molecule has 5 heteroatoms. The fourth-order valence-electron chi connectivity index (χ4n) is 1.78. The Morgan fingerprint density at radius 1 is 1.39 bits per heavy atom. The topological polar surface area (TPSA) is 50.8 Å². The van der Waals surface area contributed by atoms with E-state index in [1.807, 2.05) is 32.6 Å². The molecule has 0 aromatic heterocycles. The first-order valence-corrected chi connectivity index (χ1v) is 6.64. The molecule has 1 aliphatic heterocycles. The first kappa shape index (κ1) is 15.4. The number of hydrogen-bond donors (Lipinski definition) is 1. The lowest BCUT2D eigenvalue weighted by Gasteiger charge is -2.29. The van der Waals surface area contributed by atoms with Gasteiger partial charge in [0.2, 0.25) is 5.91 Å². The number of nitrogens with one attached hydrogen (secondary N) is 1. The predicted octanol–water partition coefficient (Wildman–Crippen LogP) is 0.638. The number of amides is 1. The van der Waals surface area contributed by atoms with Crippen LogP contribution in [0.25, 0.3) is 0 Å². The highest BCUT2D eigenvalue weighted by molar-refractivity contribution is 5.81. The molecule has 1 aliphatic rings. The summed E-state index contributed by atoms with van der Waals surface area (Å²) in [6, 6.07) is -0.160. The predicted molar refractivity (Wildman–Crippen MR) is 70.6 cm³/mol. The quantitative estimate of drug-likeness (QED) is 0.735. The van der Waals surface area contributed by atoms with Crippen molar-refractivity contribution in [1.29, 1.82) is 0 Å². The average molecular weight is 258 g/mol. The standard InChI is InChI=1S/C13H26N2O3/c1-11(14-5-8-18-13(2,3)4)12(16)15-6-9-17-10-7-15/h11,14H,5-10H2,1-4H3. The third-order valence-corrected chi connectivity index (χ3v) is 2.78. The second-order valence-electron chi connectivity index (χ2n) is 5.57. The number of ether oxygens (including phenoxy) is 2. The largest absolute Gasteiger partial charge is 0.378 e. The summed E-state index contributed by atoms with van der Waals surface area (Å²) in [6.45, 7) is 12.0. The Labute approximate surface area is 110 Å². The van der Waals surface area contributed by atoms with E-state index in [1.165, 1.54) is 0 Å². The highest BCUT2D eigenvalue weighted by atomic mass is 16.5. The van der Waals surface area contributed by atoms with Gasteiger partial charge in [0.25, 0.3) is 0 Å². The van der Waals surface area contributed by atoms with E-state index in [4.69, 9.17) is 9.47 Å². The molecule has 5 nitrogen and oxygen atoms in total. The minimum absolute atomic E-state index is 0.126. The second-order valence-corrected chi connectivity index (χ2v) is 5.57. The maximum atomic E-state index is 12.1. The summed E-state index contributed by atoms with van der Waals surface area (Å²) in [7, 11) is 0. The molecule has 1 unspecified atom stereocenters. The van der Waals surface area contributed by atoms with Gasteiger partial charge in [0.15, 0.2) is 0 Å². The lowest BCUT2D eigenvalue weighted by Crippen LogP contribution is -2.49. The zero-order valence-corrected chi connectivity index (χ0v) is 12.0. The number of rotatable bonds is 5. The van der Waals surface area contributed by atoms with Gasteiger partial charge in [0.05, 0.1) is 31.5 Å². The Morgan fingerprint density at radius 2 is 2.00 bits per heavy atom. The van der Waals surface area contributed by atoms with Gasteiger partial charge in [-0.1, -0.05) is 0 Å². The van der Waals surface area contributed by atoms with Crippen molar-refractivity contribution in [3.63, 3.8) is 0 Å². The molecule has 0 aliphatic carbocycles. The van der Waals surface area contributed by atoms with Gasteiger partial charge in [-0.3, -0.25) is 4.79 Å². The van der Waals surface area contributed by atoms with Gasteiger partial charge in [-0.25, -0.2) is 0 Å². The van der Waals surface area contributed by atoms with Gasteiger partial charge >= 0.3 is 0 Å². The fourth-order valence-corrected chi connectivity index (χ4v) is 1.78. The smallest absolute Gasteiger partial charge is 0.239 e. The van der Waals surface area contributed by atoms with Gasteiger partial charge in [-0.15, -0.1) is 0 Å². The third kappa shape index (κ3) is 5.80. The molecule has 0 aromatic rings. The summed E-state index contributed by atoms with van der Waals surface area (Å²) < 4.78 is 10.8. The van der Waals surface area contributed by atoms with Gasteiger partial charge in [-0.2, -0.15) is 0 Å². The van der Waals surface area contributed by atoms with E-state index in [1.54, 1.807) is 0 Å². The third-order valence-electron chi connectivity index (χ3n) is 2.78. The van der Waals surface area contributed by atoms with Crippen LogP contribution in [0, 0.1) is 0 Å². The Balaban J connectivity index is 2.19. The minimum Gasteiger partial charge on any atom is -0.378 e. The normalized spacial score (nSPS) is 18.8. The van der Waals surface area contributed by atoms with Crippen LogP contribution >= 0.6 is 0 Å². The van der Waals surface area contributed by atoms with Crippen LogP contribution in [-0.4, -0.2) is 61.9 Å². The van der Waals surface area contributed by atoms with Crippen LogP contribution in [0.2, 0.25) is 0 Å². The maximum absolute atomic E-state index is 12.1. The molecular weight excluding hydrogens is 232 g/mol. The Kier molecular flexibility index (Phi) is 6.05. The number of morpholine rings is 1. The lowest BCUT2D eigenvalue weighted by molar-refractivity contribution is -0.137. The molecule has 0 aromatic carbocycles. The molecule has 1 amide bonds. The van der Waals surface area contributed by atoms with Crippen LogP contribution in [0.3, 0.4) is 0 Å². The zero-order valence-electron chi connectivity index (χ0n) is 12.0. The first-order chi connectivity index (χ1) is 8.40. The Hall–Kier alpha value is -0.650. The number of hydrogen-bond acceptors (Lipinski definition) is 4. The van der Waals surface area contributed by atoms with Crippen LogP contribution < -0.4 is 5.32 Å². The van der Waals surface area contributed by atoms with Crippen LogP contribution in [0.4, 0.5) is 0 Å². The lowest BCUT2D eigenvalue weighted by atomic mass is 10.2. The maximum Gasteiger partial charge on any atom is 0.239 e. The van der Waals surface area contributed by atoms with Crippen LogP contribution in [0.15, 0.2) is 0 Å². The van der Waals surface area contributed by atoms with E-state index in [-0.39, 0.29) is 17.6 Å². The van der Waals surface area contributed by atoms with Crippen LogP contribution in [-0.2, 0) is 14.3 Å². The minimum atomic E-state index is -0.160. The molecule has 0 radical (unpaired) electrons. The van der Waals surface area contributed by atoms with Crippen molar-refractivity contribution < 1.29 is 14.3 Å². The monoisotopic (exact) mass is 258 g/mol. The first-order valence-electron chi connectivity index (χ1n) is 6.64. The summed E-state index contributed by atoms with van der Waals surface area (Å²) in [5.74, 6) is 0.147. The van der Waals surface area contributed by atoms with Crippen molar-refractivity contribution in [3.8, 4) is 0 Å². The average Bonchev–Trinajstić information content (AvgIpc) is 2.33. The van der Waals surface area contributed by atoms with Crippen LogP contribution in [0.1, 0.15) is 27.7 Å². The number of nitrogens with zero attached hydrogens (tertiary/aromatic N) is 1. The molecule has 1 atom stereocenters. The van der Waals surface area contributed by atoms with E-state index in [0.29, 0.717) is 39.5 Å². The van der Waals surface area contributed by atoms with E-state index in [0.717, 1.165) is 0 Å². The molecule has 106 valence electrons. The summed E-state index contributed by atoms with van der Waals surface area (Å²) in [6.07, 6.45) is 0. The molecule has 0 bridgehead atoms. The fraction of sp³-hybridized carbons (Fsp3) is 0.923. The van der Waals surface area contributed by atoms with Crippen molar-refractivity contribution in [3.05, 3.63) is 0 Å². The van der Waals surface area contributed by atoms with Crippen molar-refractivity contribution in [1.82, 2.24) is 10.2 Å². The van der Waals surface area contributed by atoms with Crippen molar-refractivity contribution in [2.45, 2.75) is 39.3 Å². The number of carbonyl (C=O) groups excluding carboxylic acids is 1. The molecule has 1 N–H and O–H groups in total. The molecular formula is C13H26N2O3.